The molecular formula is C22H19ClN2O3S2. The molecule has 0 radical (unpaired) electrons. The minimum absolute atomic E-state index is 0.0772. The number of thioether (sulfide) groups is 1. The fourth-order valence-electron chi connectivity index (χ4n) is 3.46. The first kappa shape index (κ1) is 20.8. The molecule has 1 aliphatic heterocycles. The van der Waals surface area contributed by atoms with Crippen molar-refractivity contribution in [3.8, 4) is 0 Å². The Balaban J connectivity index is 1.68. The van der Waals surface area contributed by atoms with Gasteiger partial charge in [0.05, 0.1) is 16.4 Å². The summed E-state index contributed by atoms with van der Waals surface area (Å²) in [6, 6.07) is 19.1. The molecule has 154 valence electrons. The molecule has 1 heterocycles. The second-order valence-electron chi connectivity index (χ2n) is 6.76. The number of sulfonamides is 1. The van der Waals surface area contributed by atoms with Crippen LogP contribution in [-0.2, 0) is 16.4 Å². The summed E-state index contributed by atoms with van der Waals surface area (Å²) in [7, 11) is -3.91. The van der Waals surface area contributed by atoms with E-state index in [-0.39, 0.29) is 15.5 Å². The highest BCUT2D eigenvalue weighted by atomic mass is 35.5. The number of hydrogen-bond donors (Lipinski definition) is 1. The van der Waals surface area contributed by atoms with Crippen LogP contribution in [0.3, 0.4) is 0 Å². The Hall–Kier alpha value is -2.48. The molecular weight excluding hydrogens is 440 g/mol. The smallest absolute Gasteiger partial charge is 0.265 e. The Morgan fingerprint density at radius 1 is 1.07 bits per heavy atom. The van der Waals surface area contributed by atoms with Crippen molar-refractivity contribution >= 4 is 50.7 Å². The van der Waals surface area contributed by atoms with E-state index in [2.05, 4.69) is 5.32 Å². The van der Waals surface area contributed by atoms with Crippen molar-refractivity contribution in [2.75, 3.05) is 22.4 Å². The van der Waals surface area contributed by atoms with Crippen LogP contribution in [-0.4, -0.2) is 27.1 Å². The molecule has 30 heavy (non-hydrogen) atoms. The van der Waals surface area contributed by atoms with Crippen LogP contribution < -0.4 is 9.62 Å². The van der Waals surface area contributed by atoms with Gasteiger partial charge < -0.3 is 5.32 Å². The molecule has 1 amide bonds. The number of halogens is 1. The lowest BCUT2D eigenvalue weighted by atomic mass is 10.2. The summed E-state index contributed by atoms with van der Waals surface area (Å²) in [5, 5.41) is 2.93. The molecule has 0 saturated heterocycles. The van der Waals surface area contributed by atoms with E-state index in [1.165, 1.54) is 34.3 Å². The van der Waals surface area contributed by atoms with Gasteiger partial charge in [-0.1, -0.05) is 41.9 Å². The van der Waals surface area contributed by atoms with Crippen molar-refractivity contribution in [3.05, 3.63) is 82.9 Å². The highest BCUT2D eigenvalue weighted by molar-refractivity contribution is 7.98. The fourth-order valence-corrected chi connectivity index (χ4v) is 6.02. The molecule has 4 rings (SSSR count). The van der Waals surface area contributed by atoms with Crippen LogP contribution in [0.1, 0.15) is 15.9 Å². The molecule has 0 bridgehead atoms. The Bertz CT molecular complexity index is 1230. The van der Waals surface area contributed by atoms with Crippen LogP contribution >= 0.6 is 23.4 Å². The highest BCUT2D eigenvalue weighted by Crippen LogP contribution is 2.35. The van der Waals surface area contributed by atoms with Crippen molar-refractivity contribution in [1.29, 1.82) is 0 Å². The van der Waals surface area contributed by atoms with Gasteiger partial charge >= 0.3 is 0 Å². The zero-order valence-electron chi connectivity index (χ0n) is 16.1. The number of nitrogens with zero attached hydrogens (tertiary/aromatic N) is 1. The largest absolute Gasteiger partial charge is 0.321 e. The van der Waals surface area contributed by atoms with Crippen LogP contribution in [0.15, 0.2) is 76.5 Å². The standard InChI is InChI=1S/C22H19ClN2O3S2/c1-29-20-9-5-3-7-18(20)24-22(26)16-10-11-17(23)21(14-16)30(27,28)25-13-12-15-6-2-4-8-19(15)25/h2-11,14H,12-13H2,1H3,(H,24,26). The zero-order valence-corrected chi connectivity index (χ0v) is 18.5. The van der Waals surface area contributed by atoms with Gasteiger partial charge in [-0.15, -0.1) is 11.8 Å². The summed E-state index contributed by atoms with van der Waals surface area (Å²) in [4.78, 5) is 13.7. The summed E-state index contributed by atoms with van der Waals surface area (Å²) in [5.41, 5.74) is 2.52. The number of hydrogen-bond acceptors (Lipinski definition) is 4. The highest BCUT2D eigenvalue weighted by Gasteiger charge is 2.32. The summed E-state index contributed by atoms with van der Waals surface area (Å²) in [6.45, 7) is 0.343. The van der Waals surface area contributed by atoms with Gasteiger partial charge in [0.1, 0.15) is 4.90 Å². The van der Waals surface area contributed by atoms with Crippen molar-refractivity contribution in [2.45, 2.75) is 16.2 Å². The Morgan fingerprint density at radius 2 is 1.80 bits per heavy atom. The maximum absolute atomic E-state index is 13.4. The molecule has 8 heteroatoms. The van der Waals surface area contributed by atoms with Gasteiger partial charge in [-0.25, -0.2) is 8.42 Å². The lowest BCUT2D eigenvalue weighted by molar-refractivity contribution is 0.102. The number of para-hydroxylation sites is 2. The van der Waals surface area contributed by atoms with Gasteiger partial charge in [0, 0.05) is 17.0 Å². The van der Waals surface area contributed by atoms with E-state index in [9.17, 15) is 13.2 Å². The van der Waals surface area contributed by atoms with Gasteiger partial charge in [0.15, 0.2) is 0 Å². The Kier molecular flexibility index (Phi) is 5.77. The quantitative estimate of drug-likeness (QED) is 0.542. The predicted octanol–water partition coefficient (Wildman–Crippen LogP) is 5.07. The molecule has 0 saturated carbocycles. The monoisotopic (exact) mass is 458 g/mol. The van der Waals surface area contributed by atoms with Gasteiger partial charge in [-0.2, -0.15) is 0 Å². The van der Waals surface area contributed by atoms with Crippen LogP contribution in [0.5, 0.6) is 0 Å². The van der Waals surface area contributed by atoms with Crippen LogP contribution in [0.2, 0.25) is 5.02 Å². The van der Waals surface area contributed by atoms with E-state index in [0.29, 0.717) is 24.3 Å². The third-order valence-corrected chi connectivity index (χ3v) is 8.05. The van der Waals surface area contributed by atoms with Crippen LogP contribution in [0.25, 0.3) is 0 Å². The third kappa shape index (κ3) is 3.80. The predicted molar refractivity (Wildman–Crippen MR) is 122 cm³/mol. The second-order valence-corrected chi connectivity index (χ2v) is 9.84. The second kappa shape index (κ2) is 8.34. The molecule has 0 atom stereocenters. The van der Waals surface area contributed by atoms with Gasteiger partial charge in [-0.3, -0.25) is 9.10 Å². The molecule has 3 aromatic rings. The first-order chi connectivity index (χ1) is 14.4. The first-order valence-corrected chi connectivity index (χ1v) is 12.3. The summed E-state index contributed by atoms with van der Waals surface area (Å²) in [6.07, 6.45) is 2.56. The maximum atomic E-state index is 13.4. The maximum Gasteiger partial charge on any atom is 0.265 e. The number of fused-ring (bicyclic) bond motifs is 1. The van der Waals surface area contributed by atoms with Gasteiger partial charge in [0.2, 0.25) is 0 Å². The van der Waals surface area contributed by atoms with E-state index in [0.717, 1.165) is 10.5 Å². The molecule has 0 unspecified atom stereocenters. The normalized spacial score (nSPS) is 13.2. The fraction of sp³-hybridized carbons (Fsp3) is 0.136. The molecule has 3 aromatic carbocycles. The van der Waals surface area contributed by atoms with Crippen LogP contribution in [0.4, 0.5) is 11.4 Å². The number of carbonyl (C=O) groups excluding carboxylic acids is 1. The SMILES string of the molecule is CSc1ccccc1NC(=O)c1ccc(Cl)c(S(=O)(=O)N2CCc3ccccc32)c1. The number of anilines is 2. The number of rotatable bonds is 5. The van der Waals surface area contributed by atoms with E-state index in [4.69, 9.17) is 11.6 Å². The number of amides is 1. The van der Waals surface area contributed by atoms with E-state index < -0.39 is 15.9 Å². The van der Waals surface area contributed by atoms with Crippen molar-refractivity contribution < 1.29 is 13.2 Å². The molecule has 0 aliphatic carbocycles. The Labute approximate surface area is 185 Å². The molecule has 1 aliphatic rings. The number of nitrogens with one attached hydrogen (secondary N) is 1. The van der Waals surface area contributed by atoms with Gasteiger partial charge in [-0.05, 0) is 54.6 Å². The third-order valence-electron chi connectivity index (χ3n) is 4.96. The molecule has 0 aromatic heterocycles. The Morgan fingerprint density at radius 3 is 2.60 bits per heavy atom. The minimum Gasteiger partial charge on any atom is -0.321 e. The number of carbonyl (C=O) groups is 1. The van der Waals surface area contributed by atoms with E-state index in [1.807, 2.05) is 36.6 Å². The molecule has 0 spiro atoms. The van der Waals surface area contributed by atoms with E-state index in [1.54, 1.807) is 18.2 Å². The minimum atomic E-state index is -3.91. The zero-order chi connectivity index (χ0) is 21.3. The average molecular weight is 459 g/mol. The van der Waals surface area contributed by atoms with Crippen LogP contribution in [0, 0.1) is 0 Å². The summed E-state index contributed by atoms with van der Waals surface area (Å²) < 4.78 is 28.1. The first-order valence-electron chi connectivity index (χ1n) is 9.26. The average Bonchev–Trinajstić information content (AvgIpc) is 3.19. The van der Waals surface area contributed by atoms with Crippen molar-refractivity contribution in [3.63, 3.8) is 0 Å². The lowest BCUT2D eigenvalue weighted by Gasteiger charge is -2.20. The van der Waals surface area contributed by atoms with Crippen molar-refractivity contribution in [1.82, 2.24) is 0 Å². The van der Waals surface area contributed by atoms with E-state index >= 15 is 0 Å². The number of benzene rings is 3. The topological polar surface area (TPSA) is 66.5 Å². The molecule has 0 fully saturated rings. The summed E-state index contributed by atoms with van der Waals surface area (Å²) >= 11 is 7.77. The summed E-state index contributed by atoms with van der Waals surface area (Å²) in [5.74, 6) is -0.397. The molecule has 5 nitrogen and oxygen atoms in total. The molecule has 1 N–H and O–H groups in total. The van der Waals surface area contributed by atoms with Crippen molar-refractivity contribution in [2.24, 2.45) is 0 Å². The van der Waals surface area contributed by atoms with Gasteiger partial charge in [0.25, 0.3) is 15.9 Å². The lowest BCUT2D eigenvalue weighted by Crippen LogP contribution is -2.29.